The van der Waals surface area contributed by atoms with Crippen LogP contribution < -0.4 is 10.7 Å². The van der Waals surface area contributed by atoms with Crippen molar-refractivity contribution >= 4 is 23.2 Å². The molecule has 1 heterocycles. The summed E-state index contributed by atoms with van der Waals surface area (Å²) in [7, 11) is 0. The molecular formula is C24H21F2N3O3. The fraction of sp³-hybridized carbons (Fsp3) is 0.208. The molecule has 0 radical (unpaired) electrons. The largest absolute Gasteiger partial charge is 0.455 e. The van der Waals surface area contributed by atoms with E-state index in [0.717, 1.165) is 24.1 Å². The number of hydrogen-bond donors (Lipinski definition) is 2. The minimum Gasteiger partial charge on any atom is -0.455 e. The quantitative estimate of drug-likeness (QED) is 0.570. The molecule has 8 heteroatoms. The second kappa shape index (κ2) is 8.74. The third-order valence-corrected chi connectivity index (χ3v) is 5.32. The van der Waals surface area contributed by atoms with Gasteiger partial charge in [-0.05, 0) is 51.0 Å². The number of rotatable bonds is 4. The number of nitrogens with zero attached hydrogens (tertiary/aromatic N) is 1. The normalized spacial score (nSPS) is 14.2. The zero-order valence-electron chi connectivity index (χ0n) is 17.6. The molecule has 2 amide bonds. The smallest absolute Gasteiger partial charge is 0.291 e. The predicted molar refractivity (Wildman–Crippen MR) is 116 cm³/mol. The first kappa shape index (κ1) is 21.4. The van der Waals surface area contributed by atoms with Crippen LogP contribution in [0.1, 0.15) is 56.2 Å². The number of aryl methyl sites for hydroxylation is 2. The van der Waals surface area contributed by atoms with Gasteiger partial charge in [-0.3, -0.25) is 9.59 Å². The number of anilines is 1. The van der Waals surface area contributed by atoms with E-state index in [1.165, 1.54) is 0 Å². The summed E-state index contributed by atoms with van der Waals surface area (Å²) in [5.74, 6) is -1.99. The molecule has 0 spiro atoms. The maximum Gasteiger partial charge on any atom is 0.291 e. The van der Waals surface area contributed by atoms with Gasteiger partial charge in [0, 0.05) is 29.2 Å². The van der Waals surface area contributed by atoms with E-state index in [4.69, 9.17) is 4.42 Å². The van der Waals surface area contributed by atoms with E-state index in [1.807, 2.05) is 19.1 Å². The molecule has 4 rings (SSSR count). The molecule has 0 aliphatic heterocycles. The van der Waals surface area contributed by atoms with Crippen LogP contribution in [0.3, 0.4) is 0 Å². The molecule has 2 aromatic carbocycles. The van der Waals surface area contributed by atoms with E-state index in [2.05, 4.69) is 15.8 Å². The number of carbonyl (C=O) groups is 2. The maximum atomic E-state index is 13.9. The van der Waals surface area contributed by atoms with Crippen molar-refractivity contribution in [3.8, 4) is 0 Å². The highest BCUT2D eigenvalue weighted by Crippen LogP contribution is 2.30. The molecule has 0 fully saturated rings. The van der Waals surface area contributed by atoms with Crippen LogP contribution in [0, 0.1) is 25.5 Å². The first-order valence-electron chi connectivity index (χ1n) is 10.2. The monoisotopic (exact) mass is 437 g/mol. The Morgan fingerprint density at radius 1 is 1.00 bits per heavy atom. The van der Waals surface area contributed by atoms with E-state index in [0.29, 0.717) is 47.1 Å². The van der Waals surface area contributed by atoms with Gasteiger partial charge in [-0.25, -0.2) is 14.2 Å². The summed E-state index contributed by atoms with van der Waals surface area (Å²) in [6.45, 7) is 3.65. The molecule has 3 aromatic rings. The summed E-state index contributed by atoms with van der Waals surface area (Å²) in [5.41, 5.74) is 5.78. The SMILES string of the molecule is Cc1ccc(C(=O)N/N=C2\CCCc3oc(C(=O)Nc4ccc(F)cc4F)c(C)c32)cc1. The van der Waals surface area contributed by atoms with Gasteiger partial charge in [-0.2, -0.15) is 5.10 Å². The molecule has 32 heavy (non-hydrogen) atoms. The van der Waals surface area contributed by atoms with Crippen molar-refractivity contribution < 1.29 is 22.8 Å². The summed E-state index contributed by atoms with van der Waals surface area (Å²) in [4.78, 5) is 25.1. The average Bonchev–Trinajstić information content (AvgIpc) is 3.12. The lowest BCUT2D eigenvalue weighted by Gasteiger charge is -2.13. The molecule has 1 aliphatic carbocycles. The van der Waals surface area contributed by atoms with Crippen molar-refractivity contribution in [1.82, 2.24) is 5.43 Å². The van der Waals surface area contributed by atoms with Crippen molar-refractivity contribution in [1.29, 1.82) is 0 Å². The minimum absolute atomic E-state index is 0.0261. The lowest BCUT2D eigenvalue weighted by molar-refractivity contribution is 0.0953. The Morgan fingerprint density at radius 2 is 1.75 bits per heavy atom. The molecule has 164 valence electrons. The Bertz CT molecular complexity index is 1230. The molecule has 2 N–H and O–H groups in total. The van der Waals surface area contributed by atoms with Crippen LogP contribution >= 0.6 is 0 Å². The summed E-state index contributed by atoms with van der Waals surface area (Å²) < 4.78 is 32.8. The van der Waals surface area contributed by atoms with Crippen LogP contribution in [0.15, 0.2) is 52.0 Å². The van der Waals surface area contributed by atoms with Crippen molar-refractivity contribution in [2.24, 2.45) is 5.10 Å². The van der Waals surface area contributed by atoms with Gasteiger partial charge in [0.15, 0.2) is 5.76 Å². The number of nitrogens with one attached hydrogen (secondary N) is 2. The first-order chi connectivity index (χ1) is 15.3. The lowest BCUT2D eigenvalue weighted by atomic mass is 9.93. The van der Waals surface area contributed by atoms with Crippen LogP contribution in [-0.4, -0.2) is 17.5 Å². The van der Waals surface area contributed by atoms with E-state index in [9.17, 15) is 18.4 Å². The second-order valence-electron chi connectivity index (χ2n) is 7.65. The predicted octanol–water partition coefficient (Wildman–Crippen LogP) is 4.90. The maximum absolute atomic E-state index is 13.9. The average molecular weight is 437 g/mol. The zero-order chi connectivity index (χ0) is 22.8. The van der Waals surface area contributed by atoms with Crippen LogP contribution in [0.5, 0.6) is 0 Å². The number of furan rings is 1. The number of halogens is 2. The fourth-order valence-electron chi connectivity index (χ4n) is 3.65. The summed E-state index contributed by atoms with van der Waals surface area (Å²) in [6, 6.07) is 10.0. The van der Waals surface area contributed by atoms with Gasteiger partial charge in [-0.1, -0.05) is 17.7 Å². The topological polar surface area (TPSA) is 83.7 Å². The summed E-state index contributed by atoms with van der Waals surface area (Å²) in [6.07, 6.45) is 1.96. The van der Waals surface area contributed by atoms with Crippen molar-refractivity contribution in [2.75, 3.05) is 5.32 Å². The molecule has 0 unspecified atom stereocenters. The first-order valence-corrected chi connectivity index (χ1v) is 10.2. The Morgan fingerprint density at radius 3 is 2.47 bits per heavy atom. The van der Waals surface area contributed by atoms with Crippen molar-refractivity contribution in [3.63, 3.8) is 0 Å². The highest BCUT2D eigenvalue weighted by molar-refractivity contribution is 6.09. The van der Waals surface area contributed by atoms with E-state index < -0.39 is 17.5 Å². The van der Waals surface area contributed by atoms with E-state index in [-0.39, 0.29) is 17.4 Å². The van der Waals surface area contributed by atoms with Gasteiger partial charge in [0.25, 0.3) is 11.8 Å². The molecule has 0 bridgehead atoms. The van der Waals surface area contributed by atoms with Gasteiger partial charge >= 0.3 is 0 Å². The molecule has 1 aliphatic rings. The lowest BCUT2D eigenvalue weighted by Crippen LogP contribution is -2.22. The Labute approximate surface area is 183 Å². The fourth-order valence-corrected chi connectivity index (χ4v) is 3.65. The highest BCUT2D eigenvalue weighted by Gasteiger charge is 2.28. The second-order valence-corrected chi connectivity index (χ2v) is 7.65. The van der Waals surface area contributed by atoms with Gasteiger partial charge in [0.2, 0.25) is 0 Å². The number of hydrazone groups is 1. The number of fused-ring (bicyclic) bond motifs is 1. The van der Waals surface area contributed by atoms with Crippen molar-refractivity contribution in [2.45, 2.75) is 33.1 Å². The summed E-state index contributed by atoms with van der Waals surface area (Å²) in [5, 5.41) is 6.70. The molecular weight excluding hydrogens is 416 g/mol. The van der Waals surface area contributed by atoms with Gasteiger partial charge in [-0.15, -0.1) is 0 Å². The molecule has 1 aromatic heterocycles. The number of benzene rings is 2. The molecule has 6 nitrogen and oxygen atoms in total. The Hall–Kier alpha value is -3.81. The van der Waals surface area contributed by atoms with Crippen LogP contribution in [0.25, 0.3) is 0 Å². The third kappa shape index (κ3) is 4.30. The van der Waals surface area contributed by atoms with Gasteiger partial charge < -0.3 is 9.73 Å². The third-order valence-electron chi connectivity index (χ3n) is 5.32. The molecule has 0 saturated heterocycles. The van der Waals surface area contributed by atoms with Crippen LogP contribution in [-0.2, 0) is 6.42 Å². The van der Waals surface area contributed by atoms with E-state index in [1.54, 1.807) is 19.1 Å². The highest BCUT2D eigenvalue weighted by atomic mass is 19.1. The van der Waals surface area contributed by atoms with Crippen LogP contribution in [0.2, 0.25) is 0 Å². The number of carbonyl (C=O) groups excluding carboxylic acids is 2. The van der Waals surface area contributed by atoms with Crippen molar-refractivity contribution in [3.05, 3.63) is 87.9 Å². The van der Waals surface area contributed by atoms with Crippen LogP contribution in [0.4, 0.5) is 14.5 Å². The zero-order valence-corrected chi connectivity index (χ0v) is 17.6. The Kier molecular flexibility index (Phi) is 5.85. The number of hydrogen-bond acceptors (Lipinski definition) is 4. The molecule has 0 atom stereocenters. The number of amides is 2. The minimum atomic E-state index is -0.881. The van der Waals surface area contributed by atoms with Gasteiger partial charge in [0.1, 0.15) is 17.4 Å². The van der Waals surface area contributed by atoms with Gasteiger partial charge in [0.05, 0.1) is 11.4 Å². The summed E-state index contributed by atoms with van der Waals surface area (Å²) >= 11 is 0. The van der Waals surface area contributed by atoms with E-state index >= 15 is 0 Å². The standard InChI is InChI=1S/C24H21F2N3O3/c1-13-6-8-15(9-7-13)23(30)29-28-19-4-3-5-20-21(19)14(2)22(32-20)24(31)27-18-11-10-16(25)12-17(18)26/h6-12H,3-5H2,1-2H3,(H,27,31)(H,29,30)/b28-19+. The Balaban J connectivity index is 1.57. The molecule has 0 saturated carbocycles.